The van der Waals surface area contributed by atoms with Gasteiger partial charge >= 0.3 is 6.16 Å². The van der Waals surface area contributed by atoms with E-state index in [0.29, 0.717) is 0 Å². The third-order valence-corrected chi connectivity index (χ3v) is 0.815. The van der Waals surface area contributed by atoms with Crippen LogP contribution >= 0.6 is 22.6 Å². The lowest BCUT2D eigenvalue weighted by Gasteiger charge is -2.17. The molecule has 0 aliphatic carbocycles. The molecular formula is C6H11IO4. The maximum Gasteiger partial charge on any atom is 0.540 e. The van der Waals surface area contributed by atoms with Gasteiger partial charge in [0.15, 0.2) is 0 Å². The minimum atomic E-state index is -0.811. The Hall–Kier alpha value is -0.0400. The van der Waals surface area contributed by atoms with Crippen LogP contribution in [0.3, 0.4) is 0 Å². The van der Waals surface area contributed by atoms with Crippen LogP contribution in [0.15, 0.2) is 0 Å². The van der Waals surface area contributed by atoms with Gasteiger partial charge in [0.05, 0.1) is 0 Å². The SMILES string of the molecule is CC(C)(C)OC(=O)OOCI. The molecule has 0 rings (SSSR count). The van der Waals surface area contributed by atoms with E-state index < -0.39 is 11.8 Å². The summed E-state index contributed by atoms with van der Waals surface area (Å²) in [5.74, 6) is 0. The summed E-state index contributed by atoms with van der Waals surface area (Å²) in [7, 11) is 0. The molecule has 0 heterocycles. The van der Waals surface area contributed by atoms with Crippen LogP contribution in [0, 0.1) is 0 Å². The summed E-state index contributed by atoms with van der Waals surface area (Å²) in [6.45, 7) is 5.24. The zero-order chi connectivity index (χ0) is 8.91. The standard InChI is InChI=1S/C6H11IO4/c1-6(2,3)10-5(8)11-9-4-7/h4H2,1-3H3. The van der Waals surface area contributed by atoms with Crippen molar-refractivity contribution >= 4 is 28.7 Å². The fraction of sp³-hybridized carbons (Fsp3) is 0.833. The van der Waals surface area contributed by atoms with Crippen LogP contribution in [-0.2, 0) is 14.5 Å². The van der Waals surface area contributed by atoms with Crippen molar-refractivity contribution in [1.82, 2.24) is 0 Å². The summed E-state index contributed by atoms with van der Waals surface area (Å²) in [4.78, 5) is 19.2. The van der Waals surface area contributed by atoms with Crippen LogP contribution in [-0.4, -0.2) is 16.4 Å². The Kier molecular flexibility index (Phi) is 4.74. The van der Waals surface area contributed by atoms with E-state index in [1.165, 1.54) is 0 Å². The number of alkyl halides is 1. The lowest BCUT2D eigenvalue weighted by molar-refractivity contribution is -0.241. The molecule has 0 saturated heterocycles. The molecule has 0 spiro atoms. The van der Waals surface area contributed by atoms with E-state index in [1.807, 2.05) is 22.6 Å². The average molecular weight is 274 g/mol. The van der Waals surface area contributed by atoms with E-state index in [9.17, 15) is 4.79 Å². The minimum Gasteiger partial charge on any atom is -0.427 e. The largest absolute Gasteiger partial charge is 0.540 e. The Morgan fingerprint density at radius 2 is 2.00 bits per heavy atom. The van der Waals surface area contributed by atoms with Crippen LogP contribution in [0.1, 0.15) is 20.8 Å². The first-order valence-electron chi connectivity index (χ1n) is 3.04. The van der Waals surface area contributed by atoms with Crippen molar-refractivity contribution in [2.75, 3.05) is 4.61 Å². The van der Waals surface area contributed by atoms with Gasteiger partial charge in [0.2, 0.25) is 0 Å². The second kappa shape index (κ2) is 4.76. The van der Waals surface area contributed by atoms with E-state index >= 15 is 0 Å². The molecule has 0 aliphatic heterocycles. The Balaban J connectivity index is 3.53. The Labute approximate surface area is 79.3 Å². The predicted molar refractivity (Wildman–Crippen MR) is 47.3 cm³/mol. The highest BCUT2D eigenvalue weighted by Gasteiger charge is 2.17. The van der Waals surface area contributed by atoms with Gasteiger partial charge in [-0.15, -0.1) is 0 Å². The van der Waals surface area contributed by atoms with Crippen LogP contribution in [0.25, 0.3) is 0 Å². The predicted octanol–water partition coefficient (Wildman–Crippen LogP) is 2.26. The van der Waals surface area contributed by atoms with E-state index in [4.69, 9.17) is 4.74 Å². The summed E-state index contributed by atoms with van der Waals surface area (Å²) >= 11 is 1.90. The number of ether oxygens (including phenoxy) is 1. The van der Waals surface area contributed by atoms with Crippen molar-refractivity contribution in [1.29, 1.82) is 0 Å². The lowest BCUT2D eigenvalue weighted by Crippen LogP contribution is -2.24. The fourth-order valence-corrected chi connectivity index (χ4v) is 0.465. The first-order chi connectivity index (χ1) is 4.95. The second-order valence-corrected chi connectivity index (χ2v) is 3.40. The summed E-state index contributed by atoms with van der Waals surface area (Å²) in [6, 6.07) is 0. The van der Waals surface area contributed by atoms with Crippen LogP contribution < -0.4 is 0 Å². The number of carbonyl (C=O) groups is 1. The lowest BCUT2D eigenvalue weighted by atomic mass is 10.2. The van der Waals surface area contributed by atoms with Gasteiger partial charge in [-0.3, -0.25) is 4.89 Å². The number of hydrogen-bond donors (Lipinski definition) is 0. The normalized spacial score (nSPS) is 10.9. The van der Waals surface area contributed by atoms with Gasteiger partial charge < -0.3 is 4.74 Å². The van der Waals surface area contributed by atoms with Crippen molar-refractivity contribution in [3.63, 3.8) is 0 Å². The highest BCUT2D eigenvalue weighted by molar-refractivity contribution is 14.1. The van der Waals surface area contributed by atoms with Gasteiger partial charge in [-0.2, -0.15) is 4.89 Å². The molecule has 0 aromatic heterocycles. The molecule has 0 aromatic carbocycles. The molecular weight excluding hydrogens is 263 g/mol. The van der Waals surface area contributed by atoms with Crippen molar-refractivity contribution in [2.24, 2.45) is 0 Å². The molecule has 0 N–H and O–H groups in total. The molecule has 5 heteroatoms. The summed E-state index contributed by atoms with van der Waals surface area (Å²) in [5.41, 5.74) is -0.536. The van der Waals surface area contributed by atoms with Crippen LogP contribution in [0.4, 0.5) is 4.79 Å². The number of halogens is 1. The maximum absolute atomic E-state index is 10.6. The molecule has 0 fully saturated rings. The van der Waals surface area contributed by atoms with Crippen LogP contribution in [0.5, 0.6) is 0 Å². The average Bonchev–Trinajstić information content (AvgIpc) is 1.79. The van der Waals surface area contributed by atoms with E-state index in [1.54, 1.807) is 20.8 Å². The van der Waals surface area contributed by atoms with Gasteiger partial charge in [-0.25, -0.2) is 4.79 Å². The number of rotatable bonds is 2. The fourth-order valence-electron chi connectivity index (χ4n) is 0.337. The monoisotopic (exact) mass is 274 g/mol. The molecule has 0 atom stereocenters. The third kappa shape index (κ3) is 7.86. The van der Waals surface area contributed by atoms with Gasteiger partial charge in [0.1, 0.15) is 10.2 Å². The van der Waals surface area contributed by atoms with Gasteiger partial charge in [-0.1, -0.05) is 22.6 Å². The highest BCUT2D eigenvalue weighted by Crippen LogP contribution is 2.08. The molecule has 0 radical (unpaired) electrons. The quantitative estimate of drug-likeness (QED) is 0.255. The van der Waals surface area contributed by atoms with Crippen molar-refractivity contribution < 1.29 is 19.3 Å². The molecule has 11 heavy (non-hydrogen) atoms. The highest BCUT2D eigenvalue weighted by atomic mass is 127. The molecule has 0 aromatic rings. The maximum atomic E-state index is 10.6. The van der Waals surface area contributed by atoms with Gasteiger partial charge in [-0.05, 0) is 20.8 Å². The summed E-state index contributed by atoms with van der Waals surface area (Å²) in [6.07, 6.45) is -0.811. The van der Waals surface area contributed by atoms with Crippen molar-refractivity contribution in [3.8, 4) is 0 Å². The Morgan fingerprint density at radius 1 is 1.45 bits per heavy atom. The smallest absolute Gasteiger partial charge is 0.427 e. The molecule has 0 unspecified atom stereocenters. The topological polar surface area (TPSA) is 44.8 Å². The Bertz CT molecular complexity index is 129. The van der Waals surface area contributed by atoms with Crippen LogP contribution in [0.2, 0.25) is 0 Å². The summed E-state index contributed by atoms with van der Waals surface area (Å²) in [5, 5.41) is 0. The second-order valence-electron chi connectivity index (χ2n) is 2.77. The first kappa shape index (κ1) is 11.0. The van der Waals surface area contributed by atoms with Crippen molar-refractivity contribution in [3.05, 3.63) is 0 Å². The van der Waals surface area contributed by atoms with Crippen molar-refractivity contribution in [2.45, 2.75) is 26.4 Å². The van der Waals surface area contributed by atoms with Gasteiger partial charge in [0, 0.05) is 0 Å². The van der Waals surface area contributed by atoms with E-state index in [0.717, 1.165) is 0 Å². The third-order valence-electron chi connectivity index (χ3n) is 0.561. The molecule has 4 nitrogen and oxygen atoms in total. The molecule has 0 amide bonds. The molecule has 0 saturated carbocycles. The number of hydrogen-bond acceptors (Lipinski definition) is 4. The molecule has 0 aliphatic rings. The molecule has 0 bridgehead atoms. The minimum absolute atomic E-state index is 0.289. The molecule has 66 valence electrons. The summed E-state index contributed by atoms with van der Waals surface area (Å²) < 4.78 is 5.04. The zero-order valence-corrected chi connectivity index (χ0v) is 8.88. The van der Waals surface area contributed by atoms with E-state index in [2.05, 4.69) is 9.78 Å². The van der Waals surface area contributed by atoms with E-state index in [-0.39, 0.29) is 4.61 Å². The first-order valence-corrected chi connectivity index (χ1v) is 4.56. The zero-order valence-electron chi connectivity index (χ0n) is 6.72. The van der Waals surface area contributed by atoms with Gasteiger partial charge in [0.25, 0.3) is 0 Å². The Morgan fingerprint density at radius 3 is 2.36 bits per heavy atom. The number of carbonyl (C=O) groups excluding carboxylic acids is 1.